The van der Waals surface area contributed by atoms with Gasteiger partial charge in [-0.1, -0.05) is 12.1 Å². The number of hydrogen-bond acceptors (Lipinski definition) is 5. The first kappa shape index (κ1) is 19.2. The summed E-state index contributed by atoms with van der Waals surface area (Å²) in [7, 11) is 3.27. The molecule has 0 radical (unpaired) electrons. The van der Waals surface area contributed by atoms with Crippen molar-refractivity contribution in [1.82, 2.24) is 9.88 Å². The van der Waals surface area contributed by atoms with E-state index in [1.165, 1.54) is 0 Å². The van der Waals surface area contributed by atoms with Gasteiger partial charge in [-0.3, -0.25) is 14.7 Å². The van der Waals surface area contributed by atoms with E-state index < -0.39 is 5.97 Å². The van der Waals surface area contributed by atoms with Crippen LogP contribution in [0.2, 0.25) is 0 Å². The van der Waals surface area contributed by atoms with Gasteiger partial charge in [-0.25, -0.2) is 0 Å². The number of benzene rings is 1. The minimum Gasteiger partial charge on any atom is -0.496 e. The Balaban J connectivity index is 2.13. The summed E-state index contributed by atoms with van der Waals surface area (Å²) in [6, 6.07) is 11.4. The third-order valence-corrected chi connectivity index (χ3v) is 5.10. The number of pyridine rings is 1. The molecule has 1 aromatic carbocycles. The van der Waals surface area contributed by atoms with Gasteiger partial charge in [0.2, 0.25) is 0 Å². The normalized spacial score (nSPS) is 18.7. The Bertz CT molecular complexity index is 786. The molecule has 6 nitrogen and oxygen atoms in total. The number of rotatable bonds is 6. The number of methoxy groups -OCH3 is 2. The number of carboxylic acids is 1. The number of aryl methyl sites for hydroxylation is 1. The number of likely N-dealkylation sites (tertiary alicyclic amines) is 1. The van der Waals surface area contributed by atoms with Gasteiger partial charge in [0.05, 0.1) is 37.4 Å². The first-order valence-electron chi connectivity index (χ1n) is 9.16. The van der Waals surface area contributed by atoms with E-state index in [1.54, 1.807) is 14.2 Å². The van der Waals surface area contributed by atoms with Gasteiger partial charge in [0.25, 0.3) is 0 Å². The van der Waals surface area contributed by atoms with Crippen LogP contribution in [-0.2, 0) is 4.79 Å². The molecule has 1 aliphatic rings. The van der Waals surface area contributed by atoms with Crippen molar-refractivity contribution in [2.75, 3.05) is 27.3 Å². The van der Waals surface area contributed by atoms with Crippen LogP contribution >= 0.6 is 0 Å². The molecule has 1 N–H and O–H groups in total. The maximum atomic E-state index is 11.6. The smallest absolute Gasteiger partial charge is 0.307 e. The number of piperidine rings is 1. The predicted molar refractivity (Wildman–Crippen MR) is 102 cm³/mol. The molecule has 2 unspecified atom stereocenters. The maximum Gasteiger partial charge on any atom is 0.307 e. The Morgan fingerprint density at radius 3 is 2.44 bits per heavy atom. The highest BCUT2D eigenvalue weighted by Crippen LogP contribution is 2.41. The van der Waals surface area contributed by atoms with Gasteiger partial charge in [0, 0.05) is 12.2 Å². The Kier molecular flexibility index (Phi) is 5.96. The summed E-state index contributed by atoms with van der Waals surface area (Å²) in [5.74, 6) is 0.287. The van der Waals surface area contributed by atoms with E-state index in [0.717, 1.165) is 29.9 Å². The molecule has 1 aliphatic heterocycles. The molecule has 1 saturated heterocycles. The molecule has 0 bridgehead atoms. The number of carboxylic acid groups (broad SMARTS) is 1. The number of aromatic nitrogens is 1. The zero-order chi connectivity index (χ0) is 19.4. The van der Waals surface area contributed by atoms with E-state index >= 15 is 0 Å². The molecular formula is C21H26N2O4. The summed E-state index contributed by atoms with van der Waals surface area (Å²) in [6.45, 7) is 3.22. The minimum absolute atomic E-state index is 0.238. The van der Waals surface area contributed by atoms with Crippen molar-refractivity contribution < 1.29 is 19.4 Å². The molecule has 6 heteroatoms. The number of nitrogens with zero attached hydrogens (tertiary/aromatic N) is 2. The van der Waals surface area contributed by atoms with Crippen LogP contribution in [0.25, 0.3) is 0 Å². The summed E-state index contributed by atoms with van der Waals surface area (Å²) in [6.07, 6.45) is 1.53. The molecule has 0 saturated carbocycles. The topological polar surface area (TPSA) is 71.9 Å². The van der Waals surface area contributed by atoms with Gasteiger partial charge in [-0.15, -0.1) is 0 Å². The van der Waals surface area contributed by atoms with E-state index in [2.05, 4.69) is 4.90 Å². The van der Waals surface area contributed by atoms with Crippen LogP contribution in [-0.4, -0.2) is 48.3 Å². The maximum absolute atomic E-state index is 11.6. The summed E-state index contributed by atoms with van der Waals surface area (Å²) in [5.41, 5.74) is 2.66. The fraction of sp³-hybridized carbons (Fsp3) is 0.429. The van der Waals surface area contributed by atoms with Crippen LogP contribution in [0.5, 0.6) is 11.5 Å². The van der Waals surface area contributed by atoms with Crippen LogP contribution in [0.4, 0.5) is 0 Å². The van der Waals surface area contributed by atoms with Crippen molar-refractivity contribution in [3.63, 3.8) is 0 Å². The van der Waals surface area contributed by atoms with Crippen LogP contribution in [0.1, 0.15) is 35.8 Å². The van der Waals surface area contributed by atoms with Crippen LogP contribution in [0.15, 0.2) is 36.4 Å². The molecule has 2 atom stereocenters. The second-order valence-electron chi connectivity index (χ2n) is 6.85. The fourth-order valence-electron chi connectivity index (χ4n) is 3.83. The van der Waals surface area contributed by atoms with E-state index in [9.17, 15) is 9.90 Å². The summed E-state index contributed by atoms with van der Waals surface area (Å²) in [5, 5.41) is 9.53. The average molecular weight is 370 g/mol. The van der Waals surface area contributed by atoms with Crippen molar-refractivity contribution in [2.45, 2.75) is 25.8 Å². The molecular weight excluding hydrogens is 344 g/mol. The van der Waals surface area contributed by atoms with Gasteiger partial charge in [0.15, 0.2) is 0 Å². The number of ether oxygens (including phenoxy) is 2. The molecule has 144 valence electrons. The SMILES string of the molecule is COc1cccc(OC)c1C(c1cccc(C)n1)N1CCCC(C(=O)O)C1. The molecule has 3 rings (SSSR count). The van der Waals surface area contributed by atoms with E-state index in [-0.39, 0.29) is 12.0 Å². The van der Waals surface area contributed by atoms with Crippen molar-refractivity contribution in [3.05, 3.63) is 53.3 Å². The highest BCUT2D eigenvalue weighted by atomic mass is 16.5. The fourth-order valence-corrected chi connectivity index (χ4v) is 3.83. The molecule has 0 spiro atoms. The quantitative estimate of drug-likeness (QED) is 0.841. The standard InChI is InChI=1S/C21H26N2O4/c1-14-7-4-9-16(22-14)20(23-12-6-8-15(13-23)21(24)25)19-17(26-2)10-5-11-18(19)27-3/h4-5,7,9-11,15,20H,6,8,12-13H2,1-3H3,(H,24,25). The Hall–Kier alpha value is -2.60. The van der Waals surface area contributed by atoms with Gasteiger partial charge < -0.3 is 14.6 Å². The lowest BCUT2D eigenvalue weighted by Crippen LogP contribution is -2.41. The molecule has 27 heavy (non-hydrogen) atoms. The van der Waals surface area contributed by atoms with Crippen molar-refractivity contribution >= 4 is 5.97 Å². The van der Waals surface area contributed by atoms with E-state index in [1.807, 2.05) is 43.3 Å². The van der Waals surface area contributed by atoms with Gasteiger partial charge in [0.1, 0.15) is 11.5 Å². The lowest BCUT2D eigenvalue weighted by molar-refractivity contribution is -0.143. The third-order valence-electron chi connectivity index (χ3n) is 5.10. The van der Waals surface area contributed by atoms with Crippen LogP contribution in [0, 0.1) is 12.8 Å². The highest BCUT2D eigenvalue weighted by molar-refractivity contribution is 5.70. The Morgan fingerprint density at radius 1 is 1.19 bits per heavy atom. The van der Waals surface area contributed by atoms with E-state index in [4.69, 9.17) is 14.5 Å². The van der Waals surface area contributed by atoms with Gasteiger partial charge >= 0.3 is 5.97 Å². The van der Waals surface area contributed by atoms with Gasteiger partial charge in [-0.2, -0.15) is 0 Å². The zero-order valence-electron chi connectivity index (χ0n) is 16.0. The van der Waals surface area contributed by atoms with Crippen LogP contribution in [0.3, 0.4) is 0 Å². The van der Waals surface area contributed by atoms with Crippen molar-refractivity contribution in [1.29, 1.82) is 0 Å². The van der Waals surface area contributed by atoms with Crippen molar-refractivity contribution in [2.24, 2.45) is 5.92 Å². The second kappa shape index (κ2) is 8.39. The van der Waals surface area contributed by atoms with Crippen LogP contribution < -0.4 is 9.47 Å². The molecule has 0 aliphatic carbocycles. The lowest BCUT2D eigenvalue weighted by Gasteiger charge is -2.38. The molecule has 2 heterocycles. The zero-order valence-corrected chi connectivity index (χ0v) is 16.0. The summed E-state index contributed by atoms with van der Waals surface area (Å²) >= 11 is 0. The first-order valence-corrected chi connectivity index (χ1v) is 9.16. The molecule has 1 aromatic heterocycles. The minimum atomic E-state index is -0.748. The second-order valence-corrected chi connectivity index (χ2v) is 6.85. The van der Waals surface area contributed by atoms with Gasteiger partial charge in [-0.05, 0) is 50.6 Å². The predicted octanol–water partition coefficient (Wildman–Crippen LogP) is 3.29. The Labute approximate surface area is 159 Å². The van der Waals surface area contributed by atoms with Crippen molar-refractivity contribution in [3.8, 4) is 11.5 Å². The average Bonchev–Trinajstić information content (AvgIpc) is 2.68. The lowest BCUT2D eigenvalue weighted by atomic mass is 9.92. The third kappa shape index (κ3) is 4.06. The number of carbonyl (C=O) groups is 1. The molecule has 2 aromatic rings. The monoisotopic (exact) mass is 370 g/mol. The highest BCUT2D eigenvalue weighted by Gasteiger charge is 2.35. The molecule has 0 amide bonds. The number of aliphatic carboxylic acids is 1. The molecule has 1 fully saturated rings. The Morgan fingerprint density at radius 2 is 1.85 bits per heavy atom. The summed E-state index contributed by atoms with van der Waals surface area (Å²) < 4.78 is 11.3. The van der Waals surface area contributed by atoms with E-state index in [0.29, 0.717) is 24.5 Å². The summed E-state index contributed by atoms with van der Waals surface area (Å²) in [4.78, 5) is 18.5. The largest absolute Gasteiger partial charge is 0.496 e. The number of hydrogen-bond donors (Lipinski definition) is 1. The first-order chi connectivity index (χ1) is 13.0.